The van der Waals surface area contributed by atoms with E-state index in [1.54, 1.807) is 0 Å². The van der Waals surface area contributed by atoms with Crippen molar-refractivity contribution >= 4 is 11.9 Å². The Balaban J connectivity index is 3.48. The van der Waals surface area contributed by atoms with Gasteiger partial charge in [-0.1, -0.05) is 310 Å². The topological polar surface area (TPSA) is 72.8 Å². The monoisotopic (exact) mass is 1060 g/mol. The lowest BCUT2D eigenvalue weighted by Crippen LogP contribution is -2.28. The third-order valence-electron chi connectivity index (χ3n) is 14.4. The molecule has 0 aliphatic heterocycles. The van der Waals surface area contributed by atoms with Crippen molar-refractivity contribution in [1.29, 1.82) is 0 Å². The van der Waals surface area contributed by atoms with Gasteiger partial charge < -0.3 is 14.6 Å². The van der Waals surface area contributed by atoms with E-state index in [9.17, 15) is 14.7 Å². The zero-order chi connectivity index (χ0) is 54.8. The number of hydrogen-bond acceptors (Lipinski definition) is 5. The molecule has 0 rings (SSSR count). The van der Waals surface area contributed by atoms with Gasteiger partial charge in [-0.05, 0) is 96.3 Å². The average Bonchev–Trinajstić information content (AvgIpc) is 3.42. The van der Waals surface area contributed by atoms with Crippen molar-refractivity contribution in [3.05, 3.63) is 97.2 Å². The Bertz CT molecular complexity index is 1430. The van der Waals surface area contributed by atoms with Crippen LogP contribution in [0.1, 0.15) is 322 Å². The number of aliphatic hydroxyl groups excluding tert-OH is 1. The molecule has 0 heterocycles. The van der Waals surface area contributed by atoms with E-state index in [4.69, 9.17) is 9.47 Å². The summed E-state index contributed by atoms with van der Waals surface area (Å²) < 4.78 is 10.7. The van der Waals surface area contributed by atoms with Crippen LogP contribution in [0.2, 0.25) is 0 Å². The molecule has 5 nitrogen and oxygen atoms in total. The van der Waals surface area contributed by atoms with Gasteiger partial charge in [0.15, 0.2) is 6.10 Å². The molecule has 5 heteroatoms. The number of esters is 2. The molecule has 0 radical (unpaired) electrons. The van der Waals surface area contributed by atoms with E-state index in [0.29, 0.717) is 12.8 Å². The minimum atomic E-state index is -0.781. The second-order valence-electron chi connectivity index (χ2n) is 21.8. The zero-order valence-corrected chi connectivity index (χ0v) is 50.3. The summed E-state index contributed by atoms with van der Waals surface area (Å²) in [4.78, 5) is 24.6. The van der Waals surface area contributed by atoms with E-state index in [1.807, 2.05) is 0 Å². The Morgan fingerprint density at radius 3 is 0.868 bits per heavy atom. The van der Waals surface area contributed by atoms with Crippen LogP contribution < -0.4 is 0 Å². The van der Waals surface area contributed by atoms with Gasteiger partial charge in [0.25, 0.3) is 0 Å². The molecule has 0 amide bonds. The molecule has 0 saturated carbocycles. The van der Waals surface area contributed by atoms with Crippen LogP contribution in [0.5, 0.6) is 0 Å². The Kier molecular flexibility index (Phi) is 63.3. The zero-order valence-electron chi connectivity index (χ0n) is 50.3. The highest BCUT2D eigenvalue weighted by Crippen LogP contribution is 2.17. The molecule has 0 aromatic carbocycles. The van der Waals surface area contributed by atoms with Gasteiger partial charge in [-0.25, -0.2) is 0 Å². The van der Waals surface area contributed by atoms with Crippen molar-refractivity contribution in [2.45, 2.75) is 328 Å². The highest BCUT2D eigenvalue weighted by Gasteiger charge is 2.16. The number of unbranched alkanes of at least 4 members (excludes halogenated alkanes) is 36. The highest BCUT2D eigenvalue weighted by molar-refractivity contribution is 5.70. The van der Waals surface area contributed by atoms with Gasteiger partial charge in [-0.15, -0.1) is 0 Å². The first-order valence-electron chi connectivity index (χ1n) is 32.8. The van der Waals surface area contributed by atoms with Gasteiger partial charge in [-0.3, -0.25) is 9.59 Å². The van der Waals surface area contributed by atoms with Crippen molar-refractivity contribution in [2.24, 2.45) is 0 Å². The molecule has 0 spiro atoms. The molecular formula is C71H124O5. The standard InChI is InChI=1S/C71H124O5/c1-3-5-7-9-11-13-15-17-19-21-23-25-27-29-31-33-35-37-39-41-43-45-47-49-51-53-55-57-59-61-63-65-70(73)75-68-69(67-72)76-71(74)66-64-62-60-58-56-54-52-50-48-46-44-42-40-38-36-34-32-30-28-26-24-22-20-18-16-14-12-10-8-6-4-2/h6,8,12,14,18,20-21,23-24,26,30,32,36,38,42,44,69,72H,3-5,7,9-11,13,15-17,19,22,25,27-29,31,33-35,37,39-41,43,45-68H2,1-2H3/b8-6-,14-12-,20-18-,23-21-,26-24-,32-30-,38-36-,44-42-. The maximum atomic E-state index is 12.3. The number of hydrogen-bond donors (Lipinski definition) is 1. The van der Waals surface area contributed by atoms with Crippen LogP contribution in [0.25, 0.3) is 0 Å². The molecule has 438 valence electrons. The molecule has 0 aromatic rings. The lowest BCUT2D eigenvalue weighted by Gasteiger charge is -2.15. The largest absolute Gasteiger partial charge is 0.462 e. The summed E-state index contributed by atoms with van der Waals surface area (Å²) in [7, 11) is 0. The number of aliphatic hydroxyl groups is 1. The van der Waals surface area contributed by atoms with E-state index in [0.717, 1.165) is 89.9 Å². The second kappa shape index (κ2) is 66.1. The minimum absolute atomic E-state index is 0.0697. The average molecular weight is 1060 g/mol. The quantitative estimate of drug-likeness (QED) is 0.0373. The maximum Gasteiger partial charge on any atom is 0.306 e. The molecule has 1 unspecified atom stereocenters. The fourth-order valence-electron chi connectivity index (χ4n) is 9.47. The Morgan fingerprint density at radius 2 is 0.566 bits per heavy atom. The van der Waals surface area contributed by atoms with Crippen LogP contribution in [0.15, 0.2) is 97.2 Å². The SMILES string of the molecule is CC/C=C\C/C=C\C/C=C\C/C=C\C/C=C\C/C=C\C/C=C\CCCCCCCCCCCC(=O)OC(CO)COC(=O)CCCCCCCCCCCCCCCCCCCCC/C=C\CCCCCCCCCC. The van der Waals surface area contributed by atoms with E-state index in [1.165, 1.54) is 205 Å². The third kappa shape index (κ3) is 63.4. The summed E-state index contributed by atoms with van der Waals surface area (Å²) in [5.74, 6) is -0.589. The molecule has 0 aliphatic rings. The fraction of sp³-hybridized carbons (Fsp3) is 0.746. The predicted octanol–water partition coefficient (Wildman–Crippen LogP) is 22.6. The first-order valence-corrected chi connectivity index (χ1v) is 32.8. The van der Waals surface area contributed by atoms with E-state index >= 15 is 0 Å². The first kappa shape index (κ1) is 72.8. The van der Waals surface area contributed by atoms with Crippen molar-refractivity contribution < 1.29 is 24.2 Å². The summed E-state index contributed by atoms with van der Waals surface area (Å²) >= 11 is 0. The van der Waals surface area contributed by atoms with E-state index < -0.39 is 6.10 Å². The predicted molar refractivity (Wildman–Crippen MR) is 334 cm³/mol. The molecule has 76 heavy (non-hydrogen) atoms. The van der Waals surface area contributed by atoms with Crippen LogP contribution in [0.3, 0.4) is 0 Å². The maximum absolute atomic E-state index is 12.3. The van der Waals surface area contributed by atoms with Gasteiger partial charge in [0, 0.05) is 12.8 Å². The molecule has 0 fully saturated rings. The van der Waals surface area contributed by atoms with Crippen LogP contribution in [-0.4, -0.2) is 36.4 Å². The first-order chi connectivity index (χ1) is 37.6. The van der Waals surface area contributed by atoms with Gasteiger partial charge in [0.05, 0.1) is 6.61 Å². The smallest absolute Gasteiger partial charge is 0.306 e. The summed E-state index contributed by atoms with van der Waals surface area (Å²) in [6.07, 6.45) is 94.2. The number of allylic oxidation sites excluding steroid dienone is 16. The molecule has 1 N–H and O–H groups in total. The highest BCUT2D eigenvalue weighted by atomic mass is 16.6. The van der Waals surface area contributed by atoms with E-state index in [2.05, 4.69) is 111 Å². The van der Waals surface area contributed by atoms with Crippen LogP contribution in [-0.2, 0) is 19.1 Å². The van der Waals surface area contributed by atoms with Crippen molar-refractivity contribution in [2.75, 3.05) is 13.2 Å². The van der Waals surface area contributed by atoms with Gasteiger partial charge in [0.1, 0.15) is 6.61 Å². The molecular weight excluding hydrogens is 933 g/mol. The summed E-state index contributed by atoms with van der Waals surface area (Å²) in [6.45, 7) is 4.05. The fourth-order valence-corrected chi connectivity index (χ4v) is 9.47. The normalized spacial score (nSPS) is 12.8. The number of rotatable bonds is 60. The summed E-state index contributed by atoms with van der Waals surface area (Å²) in [5, 5.41) is 9.69. The molecule has 0 aliphatic carbocycles. The Labute approximate surface area is 472 Å². The van der Waals surface area contributed by atoms with Crippen molar-refractivity contribution in [3.63, 3.8) is 0 Å². The lowest BCUT2D eigenvalue weighted by molar-refractivity contribution is -0.161. The van der Waals surface area contributed by atoms with Crippen LogP contribution in [0, 0.1) is 0 Å². The van der Waals surface area contributed by atoms with E-state index in [-0.39, 0.29) is 25.2 Å². The van der Waals surface area contributed by atoms with Gasteiger partial charge in [0.2, 0.25) is 0 Å². The van der Waals surface area contributed by atoms with Gasteiger partial charge >= 0.3 is 11.9 Å². The molecule has 0 saturated heterocycles. The Hall–Kier alpha value is -3.18. The summed E-state index contributed by atoms with van der Waals surface area (Å²) in [5.41, 5.74) is 0. The van der Waals surface area contributed by atoms with Crippen LogP contribution in [0.4, 0.5) is 0 Å². The van der Waals surface area contributed by atoms with Gasteiger partial charge in [-0.2, -0.15) is 0 Å². The lowest BCUT2D eigenvalue weighted by atomic mass is 10.0. The second-order valence-corrected chi connectivity index (χ2v) is 21.8. The Morgan fingerprint density at radius 1 is 0.316 bits per heavy atom. The number of carbonyl (C=O) groups is 2. The molecule has 0 bridgehead atoms. The summed E-state index contributed by atoms with van der Waals surface area (Å²) in [6, 6.07) is 0. The third-order valence-corrected chi connectivity index (χ3v) is 14.4. The molecule has 0 aromatic heterocycles. The van der Waals surface area contributed by atoms with Crippen LogP contribution >= 0.6 is 0 Å². The minimum Gasteiger partial charge on any atom is -0.462 e. The van der Waals surface area contributed by atoms with Crippen molar-refractivity contribution in [3.8, 4) is 0 Å². The van der Waals surface area contributed by atoms with Crippen molar-refractivity contribution in [1.82, 2.24) is 0 Å². The number of carbonyl (C=O) groups excluding carboxylic acids is 2. The number of ether oxygens (including phenoxy) is 2. The molecule has 1 atom stereocenters.